The lowest BCUT2D eigenvalue weighted by molar-refractivity contribution is 0.211. The lowest BCUT2D eigenvalue weighted by Gasteiger charge is -2.36. The first kappa shape index (κ1) is 26.2. The first-order valence-corrected chi connectivity index (χ1v) is 14.9. The Morgan fingerprint density at radius 2 is 1.74 bits per heavy atom. The molecule has 200 valence electrons. The number of aryl methyl sites for hydroxylation is 1. The molecular formula is C28H32FN5O3S. The maximum absolute atomic E-state index is 14.5. The molecule has 5 rings (SSSR count). The zero-order chi connectivity index (χ0) is 26.9. The molecule has 2 aliphatic carbocycles. The first-order chi connectivity index (χ1) is 18.2. The van der Waals surface area contributed by atoms with Gasteiger partial charge in [-0.25, -0.2) is 32.7 Å². The number of hydrogen-bond donors (Lipinski definition) is 1. The van der Waals surface area contributed by atoms with E-state index in [0.717, 1.165) is 56.4 Å². The van der Waals surface area contributed by atoms with Crippen molar-refractivity contribution in [2.24, 2.45) is 17.8 Å². The number of anilines is 1. The van der Waals surface area contributed by atoms with Crippen LogP contribution in [0.1, 0.15) is 44.6 Å². The van der Waals surface area contributed by atoms with Crippen LogP contribution in [-0.2, 0) is 16.3 Å². The van der Waals surface area contributed by atoms with Gasteiger partial charge in [0.2, 0.25) is 5.95 Å². The van der Waals surface area contributed by atoms with Gasteiger partial charge in [0.15, 0.2) is 9.84 Å². The number of nitrogens with zero attached hydrogens (tertiary/aromatic N) is 4. The fourth-order valence-corrected chi connectivity index (χ4v) is 6.32. The molecule has 0 unspecified atom stereocenters. The fourth-order valence-electron chi connectivity index (χ4n) is 5.69. The zero-order valence-electron chi connectivity index (χ0n) is 21.6. The second kappa shape index (κ2) is 10.8. The molecule has 10 heteroatoms. The predicted octanol–water partition coefficient (Wildman–Crippen LogP) is 5.24. The highest BCUT2D eigenvalue weighted by Gasteiger charge is 2.44. The Hall–Kier alpha value is -3.40. The summed E-state index contributed by atoms with van der Waals surface area (Å²) in [5, 5.41) is 3.58. The molecule has 2 heterocycles. The third-order valence-electron chi connectivity index (χ3n) is 7.62. The number of nitrogens with one attached hydrogen (secondary N) is 1. The van der Waals surface area contributed by atoms with Crippen LogP contribution in [0, 0.1) is 23.6 Å². The molecule has 38 heavy (non-hydrogen) atoms. The van der Waals surface area contributed by atoms with E-state index in [1.807, 2.05) is 12.4 Å². The van der Waals surface area contributed by atoms with Gasteiger partial charge in [0.05, 0.1) is 4.90 Å². The van der Waals surface area contributed by atoms with Gasteiger partial charge >= 0.3 is 6.01 Å². The Morgan fingerprint density at radius 1 is 1.08 bits per heavy atom. The number of aromatic nitrogens is 4. The van der Waals surface area contributed by atoms with Gasteiger partial charge in [-0.05, 0) is 61.6 Å². The van der Waals surface area contributed by atoms with E-state index in [1.165, 1.54) is 24.5 Å². The van der Waals surface area contributed by atoms with Crippen LogP contribution in [-0.4, -0.2) is 40.7 Å². The van der Waals surface area contributed by atoms with Gasteiger partial charge in [-0.15, -0.1) is 0 Å². The van der Waals surface area contributed by atoms with E-state index in [1.54, 1.807) is 0 Å². The summed E-state index contributed by atoms with van der Waals surface area (Å²) in [6.07, 6.45) is 14.1. The quantitative estimate of drug-likeness (QED) is 0.370. The van der Waals surface area contributed by atoms with Crippen molar-refractivity contribution >= 4 is 15.8 Å². The highest BCUT2D eigenvalue weighted by Crippen LogP contribution is 2.47. The summed E-state index contributed by atoms with van der Waals surface area (Å²) in [6.45, 7) is 6.31. The third kappa shape index (κ3) is 5.70. The topological polar surface area (TPSA) is 107 Å². The molecule has 0 radical (unpaired) electrons. The largest absolute Gasteiger partial charge is 0.429 e. The van der Waals surface area contributed by atoms with Crippen LogP contribution in [0.4, 0.5) is 10.3 Å². The summed E-state index contributed by atoms with van der Waals surface area (Å²) in [7, 11) is -3.49. The van der Waals surface area contributed by atoms with Crippen molar-refractivity contribution in [3.8, 4) is 17.1 Å². The number of sulfone groups is 1. The second-order valence-corrected chi connectivity index (χ2v) is 12.4. The van der Waals surface area contributed by atoms with E-state index >= 15 is 0 Å². The lowest BCUT2D eigenvalue weighted by atomic mass is 9.76. The van der Waals surface area contributed by atoms with Crippen molar-refractivity contribution in [1.82, 2.24) is 19.9 Å². The molecule has 2 aliphatic rings. The van der Waals surface area contributed by atoms with E-state index in [4.69, 9.17) is 4.74 Å². The van der Waals surface area contributed by atoms with Crippen molar-refractivity contribution in [1.29, 1.82) is 0 Å². The molecule has 0 saturated heterocycles. The lowest BCUT2D eigenvalue weighted by Crippen LogP contribution is -2.38. The summed E-state index contributed by atoms with van der Waals surface area (Å²) in [5.41, 5.74) is 1.80. The molecule has 1 aromatic carbocycles. The number of benzene rings is 1. The average molecular weight is 538 g/mol. The minimum atomic E-state index is -3.49. The van der Waals surface area contributed by atoms with Crippen LogP contribution >= 0.6 is 0 Å². The number of ether oxygens (including phenoxy) is 1. The summed E-state index contributed by atoms with van der Waals surface area (Å²) < 4.78 is 43.8. The molecule has 2 fully saturated rings. The number of rotatable bonds is 9. The molecule has 0 amide bonds. The monoisotopic (exact) mass is 537 g/mol. The Kier molecular flexibility index (Phi) is 7.43. The van der Waals surface area contributed by atoms with Crippen LogP contribution < -0.4 is 10.1 Å². The smallest absolute Gasteiger partial charge is 0.321 e. The van der Waals surface area contributed by atoms with Crippen LogP contribution in [0.2, 0.25) is 0 Å². The average Bonchev–Trinajstić information content (AvgIpc) is 3.11. The molecule has 0 aliphatic heterocycles. The number of halogens is 1. The maximum atomic E-state index is 14.5. The molecule has 2 atom stereocenters. The van der Waals surface area contributed by atoms with Crippen molar-refractivity contribution in [3.05, 3.63) is 66.7 Å². The molecule has 0 spiro atoms. The van der Waals surface area contributed by atoms with Crippen LogP contribution in [0.3, 0.4) is 0 Å². The molecule has 2 bridgehead atoms. The number of fused-ring (bicyclic) bond motifs is 2. The van der Waals surface area contributed by atoms with Gasteiger partial charge in [0, 0.05) is 54.1 Å². The Bertz CT molecular complexity index is 1400. The van der Waals surface area contributed by atoms with Crippen molar-refractivity contribution in [2.45, 2.75) is 56.4 Å². The van der Waals surface area contributed by atoms with E-state index in [9.17, 15) is 12.8 Å². The number of hydrogen-bond acceptors (Lipinski definition) is 8. The fraction of sp³-hybridized carbons (Fsp3) is 0.429. The molecule has 3 aromatic rings. The standard InChI is InChI=1S/C28H32FN5O3S/c1-4-5-18-13-30-27(31-14-18)34-26-19-6-7-20(26)11-21(10-19)17(2)37-28-32-15-22(16-33-28)24-9-8-23(12-25(24)29)38(3,35)36/h8-9,12-16,19-21,26H,2,4-7,10-11H2,1,3H3,(H,30,31,34)/t19-,20-,21?,26?/m0/s1. The van der Waals surface area contributed by atoms with E-state index in [2.05, 4.69) is 38.8 Å². The molecule has 1 N–H and O–H groups in total. The molecular weight excluding hydrogens is 505 g/mol. The number of allylic oxidation sites excluding steroid dienone is 1. The molecule has 2 saturated carbocycles. The normalized spacial score (nSPS) is 22.7. The second-order valence-electron chi connectivity index (χ2n) is 10.3. The summed E-state index contributed by atoms with van der Waals surface area (Å²) in [4.78, 5) is 17.4. The van der Waals surface area contributed by atoms with Crippen LogP contribution in [0.15, 0.2) is 60.2 Å². The first-order valence-electron chi connectivity index (χ1n) is 13.0. The maximum Gasteiger partial charge on any atom is 0.321 e. The van der Waals surface area contributed by atoms with E-state index < -0.39 is 15.7 Å². The van der Waals surface area contributed by atoms with E-state index in [-0.39, 0.29) is 22.4 Å². The summed E-state index contributed by atoms with van der Waals surface area (Å²) >= 11 is 0. The van der Waals surface area contributed by atoms with Crippen molar-refractivity contribution < 1.29 is 17.5 Å². The van der Waals surface area contributed by atoms with Crippen molar-refractivity contribution in [2.75, 3.05) is 11.6 Å². The summed E-state index contributed by atoms with van der Waals surface area (Å²) in [5.74, 6) is 1.84. The highest BCUT2D eigenvalue weighted by molar-refractivity contribution is 7.90. The van der Waals surface area contributed by atoms with Gasteiger partial charge in [0.1, 0.15) is 11.6 Å². The minimum Gasteiger partial charge on any atom is -0.429 e. The van der Waals surface area contributed by atoms with E-state index in [0.29, 0.717) is 35.1 Å². The summed E-state index contributed by atoms with van der Waals surface area (Å²) in [6, 6.07) is 4.28. The minimum absolute atomic E-state index is 0.0767. The highest BCUT2D eigenvalue weighted by atomic mass is 32.2. The van der Waals surface area contributed by atoms with Gasteiger partial charge in [-0.3, -0.25) is 0 Å². The van der Waals surface area contributed by atoms with Gasteiger partial charge in [0.25, 0.3) is 0 Å². The van der Waals surface area contributed by atoms with Gasteiger partial charge in [-0.2, -0.15) is 0 Å². The van der Waals surface area contributed by atoms with Crippen LogP contribution in [0.25, 0.3) is 11.1 Å². The molecule has 8 nitrogen and oxygen atoms in total. The van der Waals surface area contributed by atoms with Crippen molar-refractivity contribution in [3.63, 3.8) is 0 Å². The van der Waals surface area contributed by atoms with Crippen LogP contribution in [0.5, 0.6) is 6.01 Å². The Labute approximate surface area is 222 Å². The predicted molar refractivity (Wildman–Crippen MR) is 143 cm³/mol. The van der Waals surface area contributed by atoms with Gasteiger partial charge < -0.3 is 10.1 Å². The Morgan fingerprint density at radius 3 is 2.32 bits per heavy atom. The Balaban J connectivity index is 1.19. The third-order valence-corrected chi connectivity index (χ3v) is 8.73. The SMILES string of the molecule is C=C(Oc1ncc(-c2ccc(S(C)(=O)=O)cc2F)cn1)C1C[C@@H]2CC[C@@H](C1)C2Nc1ncc(CCC)cn1. The van der Waals surface area contributed by atoms with Gasteiger partial charge in [-0.1, -0.05) is 26.0 Å². The zero-order valence-corrected chi connectivity index (χ0v) is 22.4. The molecule has 2 aromatic heterocycles.